The summed E-state index contributed by atoms with van der Waals surface area (Å²) in [6.45, 7) is 2.76. The lowest BCUT2D eigenvalue weighted by Gasteiger charge is -2.26. The van der Waals surface area contributed by atoms with Crippen molar-refractivity contribution in [3.05, 3.63) is 77.5 Å². The molecule has 0 aliphatic carbocycles. The first-order valence-corrected chi connectivity index (χ1v) is 8.51. The molecule has 0 saturated carbocycles. The van der Waals surface area contributed by atoms with E-state index in [0.717, 1.165) is 31.6 Å². The van der Waals surface area contributed by atoms with Gasteiger partial charge < -0.3 is 10.1 Å². The molecule has 0 fully saturated rings. The molecule has 1 aliphatic rings. The number of hydrogen-bond donors (Lipinski definition) is 2. The number of H-pyrrole nitrogens is 1. The molecule has 0 spiro atoms. The molecule has 3 aromatic rings. The number of rotatable bonds is 4. The molecular formula is C21H20N2O2. The maximum absolute atomic E-state index is 10.9. The maximum Gasteiger partial charge on any atom is 0.335 e. The average Bonchev–Trinajstić information content (AvgIpc) is 3.07. The molecule has 2 aromatic carbocycles. The highest BCUT2D eigenvalue weighted by atomic mass is 16.4. The lowest BCUT2D eigenvalue weighted by atomic mass is 9.98. The quantitative estimate of drug-likeness (QED) is 0.754. The minimum atomic E-state index is -0.879. The van der Waals surface area contributed by atoms with Gasteiger partial charge in [-0.1, -0.05) is 36.4 Å². The smallest absolute Gasteiger partial charge is 0.335 e. The van der Waals surface area contributed by atoms with Crippen LogP contribution in [-0.2, 0) is 6.54 Å². The first-order chi connectivity index (χ1) is 12.2. The van der Waals surface area contributed by atoms with Crippen LogP contribution in [0, 0.1) is 0 Å². The van der Waals surface area contributed by atoms with E-state index in [1.165, 1.54) is 22.0 Å². The van der Waals surface area contributed by atoms with Crippen LogP contribution in [0.25, 0.3) is 16.5 Å². The van der Waals surface area contributed by atoms with E-state index in [-0.39, 0.29) is 0 Å². The molecule has 2 N–H and O–H groups in total. The second-order valence-corrected chi connectivity index (χ2v) is 6.46. The summed E-state index contributed by atoms with van der Waals surface area (Å²) in [4.78, 5) is 16.7. The number of para-hydroxylation sites is 1. The van der Waals surface area contributed by atoms with Crippen molar-refractivity contribution in [3.63, 3.8) is 0 Å². The van der Waals surface area contributed by atoms with Gasteiger partial charge in [-0.25, -0.2) is 4.79 Å². The van der Waals surface area contributed by atoms with Gasteiger partial charge in [0.2, 0.25) is 0 Å². The molecule has 0 radical (unpaired) electrons. The summed E-state index contributed by atoms with van der Waals surface area (Å²) in [7, 11) is 0. The lowest BCUT2D eigenvalue weighted by Crippen LogP contribution is -2.28. The van der Waals surface area contributed by atoms with Gasteiger partial charge in [-0.05, 0) is 35.8 Å². The Morgan fingerprint density at radius 2 is 1.92 bits per heavy atom. The summed E-state index contributed by atoms with van der Waals surface area (Å²) in [6, 6.07) is 15.6. The van der Waals surface area contributed by atoms with Crippen molar-refractivity contribution in [1.82, 2.24) is 9.88 Å². The molecule has 4 nitrogen and oxygen atoms in total. The second-order valence-electron chi connectivity index (χ2n) is 6.46. The van der Waals surface area contributed by atoms with Gasteiger partial charge in [-0.3, -0.25) is 4.90 Å². The summed E-state index contributed by atoms with van der Waals surface area (Å²) in [5.41, 5.74) is 5.37. The van der Waals surface area contributed by atoms with Crippen LogP contribution in [0.15, 0.2) is 60.8 Å². The summed E-state index contributed by atoms with van der Waals surface area (Å²) in [5, 5.41) is 10.3. The van der Waals surface area contributed by atoms with Gasteiger partial charge in [0.05, 0.1) is 5.56 Å². The molecule has 2 heterocycles. The predicted octanol–water partition coefficient (Wildman–Crippen LogP) is 4.16. The van der Waals surface area contributed by atoms with Crippen LogP contribution in [0.3, 0.4) is 0 Å². The van der Waals surface area contributed by atoms with E-state index in [1.54, 1.807) is 12.1 Å². The molecule has 4 rings (SSSR count). The molecular weight excluding hydrogens is 312 g/mol. The Morgan fingerprint density at radius 1 is 1.12 bits per heavy atom. The second kappa shape index (κ2) is 6.57. The van der Waals surface area contributed by atoms with Crippen LogP contribution in [0.4, 0.5) is 0 Å². The number of carboxylic acids is 1. The number of carboxylic acid groups (broad SMARTS) is 1. The molecule has 126 valence electrons. The van der Waals surface area contributed by atoms with Crippen molar-refractivity contribution in [2.75, 3.05) is 13.1 Å². The van der Waals surface area contributed by atoms with Gasteiger partial charge in [0.15, 0.2) is 0 Å². The SMILES string of the molecule is O=C(O)c1ccc(CN2CC=C(c3c[nH]c4ccccc34)CC2)cc1. The molecule has 25 heavy (non-hydrogen) atoms. The van der Waals surface area contributed by atoms with Crippen molar-refractivity contribution in [3.8, 4) is 0 Å². The highest BCUT2D eigenvalue weighted by molar-refractivity contribution is 5.92. The molecule has 0 saturated heterocycles. The molecule has 0 amide bonds. The van der Waals surface area contributed by atoms with Crippen LogP contribution >= 0.6 is 0 Å². The standard InChI is InChI=1S/C21H20N2O2/c24-21(25)17-7-5-15(6-8-17)14-23-11-9-16(10-12-23)19-13-22-20-4-2-1-3-18(19)20/h1-9,13,22H,10-12,14H2,(H,24,25). The fourth-order valence-electron chi connectivity index (χ4n) is 3.45. The van der Waals surface area contributed by atoms with Crippen molar-refractivity contribution in [2.24, 2.45) is 0 Å². The van der Waals surface area contributed by atoms with Crippen LogP contribution < -0.4 is 0 Å². The van der Waals surface area contributed by atoms with Crippen molar-refractivity contribution >= 4 is 22.4 Å². The first kappa shape index (κ1) is 15.7. The van der Waals surface area contributed by atoms with Crippen LogP contribution in [0.1, 0.15) is 27.9 Å². The Kier molecular flexibility index (Phi) is 4.12. The summed E-state index contributed by atoms with van der Waals surface area (Å²) >= 11 is 0. The molecule has 0 unspecified atom stereocenters. The van der Waals surface area contributed by atoms with E-state index < -0.39 is 5.97 Å². The maximum atomic E-state index is 10.9. The molecule has 0 bridgehead atoms. The molecule has 4 heteroatoms. The van der Waals surface area contributed by atoms with Gasteiger partial charge in [0, 0.05) is 42.3 Å². The zero-order chi connectivity index (χ0) is 17.2. The molecule has 0 atom stereocenters. The third-order valence-electron chi connectivity index (χ3n) is 4.84. The Labute approximate surface area is 146 Å². The van der Waals surface area contributed by atoms with E-state index in [4.69, 9.17) is 5.11 Å². The zero-order valence-electron chi connectivity index (χ0n) is 13.9. The van der Waals surface area contributed by atoms with Crippen molar-refractivity contribution < 1.29 is 9.90 Å². The number of hydrogen-bond acceptors (Lipinski definition) is 2. The third kappa shape index (κ3) is 3.21. The van der Waals surface area contributed by atoms with Crippen LogP contribution in [0.2, 0.25) is 0 Å². The number of carbonyl (C=O) groups is 1. The zero-order valence-corrected chi connectivity index (χ0v) is 13.9. The van der Waals surface area contributed by atoms with Gasteiger partial charge >= 0.3 is 5.97 Å². The predicted molar refractivity (Wildman–Crippen MR) is 99.6 cm³/mol. The average molecular weight is 332 g/mol. The highest BCUT2D eigenvalue weighted by Gasteiger charge is 2.15. The lowest BCUT2D eigenvalue weighted by molar-refractivity contribution is 0.0697. The topological polar surface area (TPSA) is 56.3 Å². The van der Waals surface area contributed by atoms with Crippen LogP contribution in [0.5, 0.6) is 0 Å². The third-order valence-corrected chi connectivity index (χ3v) is 4.84. The number of nitrogens with zero attached hydrogens (tertiary/aromatic N) is 1. The minimum absolute atomic E-state index is 0.337. The van der Waals surface area contributed by atoms with Crippen LogP contribution in [-0.4, -0.2) is 34.0 Å². The Bertz CT molecular complexity index is 938. The summed E-state index contributed by atoms with van der Waals surface area (Å²) < 4.78 is 0. The van der Waals surface area contributed by atoms with Crippen molar-refractivity contribution in [2.45, 2.75) is 13.0 Å². The Hall–Kier alpha value is -2.85. The summed E-state index contributed by atoms with van der Waals surface area (Å²) in [5.74, 6) is -0.879. The van der Waals surface area contributed by atoms with Crippen molar-refractivity contribution in [1.29, 1.82) is 0 Å². The Morgan fingerprint density at radius 3 is 2.64 bits per heavy atom. The van der Waals surface area contributed by atoms with E-state index >= 15 is 0 Å². The number of aromatic carboxylic acids is 1. The van der Waals surface area contributed by atoms with Gasteiger partial charge in [0.25, 0.3) is 0 Å². The van der Waals surface area contributed by atoms with E-state index in [0.29, 0.717) is 5.56 Å². The highest BCUT2D eigenvalue weighted by Crippen LogP contribution is 2.29. The minimum Gasteiger partial charge on any atom is -0.478 e. The fourth-order valence-corrected chi connectivity index (χ4v) is 3.45. The monoisotopic (exact) mass is 332 g/mol. The number of nitrogens with one attached hydrogen (secondary N) is 1. The Balaban J connectivity index is 1.46. The van der Waals surface area contributed by atoms with Gasteiger partial charge in [-0.2, -0.15) is 0 Å². The first-order valence-electron chi connectivity index (χ1n) is 8.51. The number of benzene rings is 2. The fraction of sp³-hybridized carbons (Fsp3) is 0.190. The van der Waals surface area contributed by atoms with E-state index in [9.17, 15) is 4.79 Å². The number of aromatic amines is 1. The van der Waals surface area contributed by atoms with E-state index in [2.05, 4.69) is 46.4 Å². The largest absolute Gasteiger partial charge is 0.478 e. The normalized spacial score (nSPS) is 15.3. The number of aromatic nitrogens is 1. The number of fused-ring (bicyclic) bond motifs is 1. The van der Waals surface area contributed by atoms with Gasteiger partial charge in [0.1, 0.15) is 0 Å². The molecule has 1 aromatic heterocycles. The molecule has 1 aliphatic heterocycles. The summed E-state index contributed by atoms with van der Waals surface area (Å²) in [6.07, 6.45) is 5.44. The van der Waals surface area contributed by atoms with Gasteiger partial charge in [-0.15, -0.1) is 0 Å². The van der Waals surface area contributed by atoms with E-state index in [1.807, 2.05) is 12.1 Å².